The molecule has 1 fully saturated rings. The predicted octanol–water partition coefficient (Wildman–Crippen LogP) is 1.52. The van der Waals surface area contributed by atoms with E-state index in [4.69, 9.17) is 5.73 Å². The average molecular weight is 284 g/mol. The van der Waals surface area contributed by atoms with E-state index in [-0.39, 0.29) is 0 Å². The second kappa shape index (κ2) is 5.69. The van der Waals surface area contributed by atoms with Gasteiger partial charge in [0.1, 0.15) is 5.82 Å². The molecule has 1 aliphatic rings. The van der Waals surface area contributed by atoms with Gasteiger partial charge in [-0.2, -0.15) is 0 Å². The lowest BCUT2D eigenvalue weighted by atomic mass is 10.1. The van der Waals surface area contributed by atoms with E-state index in [0.29, 0.717) is 11.6 Å². The number of anilines is 1. The van der Waals surface area contributed by atoms with Crippen molar-refractivity contribution in [2.75, 3.05) is 25.0 Å². The molecular weight excluding hydrogens is 264 g/mol. The molecular formula is C16H20N4O. The quantitative estimate of drug-likeness (QED) is 0.893. The number of pyridine rings is 1. The van der Waals surface area contributed by atoms with Crippen LogP contribution < -0.4 is 16.0 Å². The summed E-state index contributed by atoms with van der Waals surface area (Å²) >= 11 is 0. The molecule has 0 saturated carbocycles. The predicted molar refractivity (Wildman–Crippen MR) is 84.6 cm³/mol. The topological polar surface area (TPSA) is 71.2 Å². The van der Waals surface area contributed by atoms with Crippen LogP contribution in [0.25, 0.3) is 10.9 Å². The van der Waals surface area contributed by atoms with E-state index in [1.165, 1.54) is 12.8 Å². The van der Waals surface area contributed by atoms with E-state index in [1.54, 1.807) is 6.07 Å². The van der Waals surface area contributed by atoms with Crippen molar-refractivity contribution in [3.05, 3.63) is 35.9 Å². The molecule has 0 bridgehead atoms. The summed E-state index contributed by atoms with van der Waals surface area (Å²) < 4.78 is 0. The number of carbonyl (C=O) groups excluding carboxylic acids is 1. The zero-order valence-corrected chi connectivity index (χ0v) is 12.2. The first-order valence-electron chi connectivity index (χ1n) is 7.29. The first-order valence-corrected chi connectivity index (χ1v) is 7.29. The third kappa shape index (κ3) is 2.83. The first-order chi connectivity index (χ1) is 10.1. The van der Waals surface area contributed by atoms with Crippen molar-refractivity contribution in [3.63, 3.8) is 0 Å². The number of amides is 1. The Labute approximate surface area is 124 Å². The largest absolute Gasteiger partial charge is 0.366 e. The van der Waals surface area contributed by atoms with Gasteiger partial charge in [0.05, 0.1) is 11.1 Å². The number of aromatic nitrogens is 1. The fraction of sp³-hybridized carbons (Fsp3) is 0.375. The molecule has 1 amide bonds. The molecule has 1 aromatic carbocycles. The first kappa shape index (κ1) is 13.8. The smallest absolute Gasteiger partial charge is 0.249 e. The number of nitrogens with zero attached hydrogens (tertiary/aromatic N) is 2. The minimum Gasteiger partial charge on any atom is -0.366 e. The van der Waals surface area contributed by atoms with Crippen LogP contribution in [0.4, 0.5) is 5.82 Å². The molecule has 0 radical (unpaired) electrons. The Morgan fingerprint density at radius 1 is 1.48 bits per heavy atom. The molecule has 110 valence electrons. The lowest BCUT2D eigenvalue weighted by molar-refractivity contribution is 0.100. The Hall–Kier alpha value is -2.14. The molecule has 5 nitrogen and oxygen atoms in total. The maximum atomic E-state index is 11.7. The maximum absolute atomic E-state index is 11.7. The van der Waals surface area contributed by atoms with E-state index in [2.05, 4.69) is 15.2 Å². The third-order valence-electron chi connectivity index (χ3n) is 4.02. The zero-order chi connectivity index (χ0) is 14.8. The number of nitrogens with one attached hydrogen (secondary N) is 1. The van der Waals surface area contributed by atoms with Gasteiger partial charge in [-0.15, -0.1) is 0 Å². The molecule has 1 aliphatic heterocycles. The number of fused-ring (bicyclic) bond motifs is 1. The fourth-order valence-corrected chi connectivity index (χ4v) is 2.90. The minimum atomic E-state index is -0.415. The number of hydrogen-bond acceptors (Lipinski definition) is 4. The number of rotatable bonds is 4. The van der Waals surface area contributed by atoms with Gasteiger partial charge in [0, 0.05) is 25.0 Å². The molecule has 1 aromatic heterocycles. The molecule has 1 atom stereocenters. The molecule has 2 aromatic rings. The molecule has 21 heavy (non-hydrogen) atoms. The second-order valence-corrected chi connectivity index (χ2v) is 5.58. The molecule has 2 heterocycles. The van der Waals surface area contributed by atoms with E-state index in [1.807, 2.05) is 31.3 Å². The lowest BCUT2D eigenvalue weighted by Crippen LogP contribution is -2.35. The van der Waals surface area contributed by atoms with Crippen LogP contribution in [0.5, 0.6) is 0 Å². The van der Waals surface area contributed by atoms with Gasteiger partial charge >= 0.3 is 0 Å². The van der Waals surface area contributed by atoms with Crippen LogP contribution in [-0.2, 0) is 0 Å². The summed E-state index contributed by atoms with van der Waals surface area (Å²) in [6.45, 7) is 1.96. The van der Waals surface area contributed by atoms with Crippen molar-refractivity contribution in [1.29, 1.82) is 0 Å². The summed E-state index contributed by atoms with van der Waals surface area (Å²) in [5.41, 5.74) is 6.85. The fourth-order valence-electron chi connectivity index (χ4n) is 2.90. The van der Waals surface area contributed by atoms with Crippen LogP contribution in [0, 0.1) is 0 Å². The van der Waals surface area contributed by atoms with Crippen molar-refractivity contribution in [3.8, 4) is 0 Å². The highest BCUT2D eigenvalue weighted by molar-refractivity contribution is 6.06. The van der Waals surface area contributed by atoms with Crippen LogP contribution in [0.1, 0.15) is 23.2 Å². The number of carbonyl (C=O) groups is 1. The highest BCUT2D eigenvalue weighted by atomic mass is 16.1. The lowest BCUT2D eigenvalue weighted by Gasteiger charge is -2.23. The van der Waals surface area contributed by atoms with Crippen LogP contribution in [0.2, 0.25) is 0 Å². The van der Waals surface area contributed by atoms with E-state index >= 15 is 0 Å². The summed E-state index contributed by atoms with van der Waals surface area (Å²) in [5.74, 6) is 0.374. The molecule has 1 saturated heterocycles. The summed E-state index contributed by atoms with van der Waals surface area (Å²) in [4.78, 5) is 18.4. The van der Waals surface area contributed by atoms with Crippen LogP contribution >= 0.6 is 0 Å². The summed E-state index contributed by atoms with van der Waals surface area (Å²) in [6.07, 6.45) is 2.40. The summed E-state index contributed by atoms with van der Waals surface area (Å²) in [5, 5.41) is 4.28. The van der Waals surface area contributed by atoms with Crippen molar-refractivity contribution in [2.45, 2.75) is 18.9 Å². The van der Waals surface area contributed by atoms with Gasteiger partial charge in [-0.3, -0.25) is 4.79 Å². The van der Waals surface area contributed by atoms with Gasteiger partial charge in [0.2, 0.25) is 5.91 Å². The maximum Gasteiger partial charge on any atom is 0.249 e. The van der Waals surface area contributed by atoms with Crippen molar-refractivity contribution < 1.29 is 4.79 Å². The van der Waals surface area contributed by atoms with Crippen LogP contribution in [0.3, 0.4) is 0 Å². The van der Waals surface area contributed by atoms with Crippen molar-refractivity contribution in [2.24, 2.45) is 5.73 Å². The summed E-state index contributed by atoms with van der Waals surface area (Å²) in [6, 6.07) is 9.88. The third-order valence-corrected chi connectivity index (χ3v) is 4.02. The van der Waals surface area contributed by atoms with E-state index in [0.717, 1.165) is 29.8 Å². The number of benzene rings is 1. The summed E-state index contributed by atoms with van der Waals surface area (Å²) in [7, 11) is 2.00. The Balaban J connectivity index is 1.96. The number of nitrogens with two attached hydrogens (primary N) is 1. The number of hydrogen-bond donors (Lipinski definition) is 2. The molecule has 3 rings (SSSR count). The monoisotopic (exact) mass is 284 g/mol. The standard InChI is InChI=1S/C16H20N4O/c1-20(10-11-5-4-8-18-11)15-9-13(16(17)21)12-6-2-3-7-14(12)19-15/h2-3,6-7,9,11,18H,4-5,8,10H2,1H3,(H2,17,21). The SMILES string of the molecule is CN(CC1CCCN1)c1cc(C(N)=O)c2ccccc2n1. The Kier molecular flexibility index (Phi) is 3.75. The van der Waals surface area contributed by atoms with E-state index in [9.17, 15) is 4.79 Å². The normalized spacial score (nSPS) is 18.0. The number of primary amides is 1. The van der Waals surface area contributed by atoms with Gasteiger partial charge in [-0.05, 0) is 31.5 Å². The molecule has 0 spiro atoms. The van der Waals surface area contributed by atoms with Crippen LogP contribution in [-0.4, -0.2) is 37.1 Å². The van der Waals surface area contributed by atoms with Gasteiger partial charge < -0.3 is 16.0 Å². The van der Waals surface area contributed by atoms with E-state index < -0.39 is 5.91 Å². The minimum absolute atomic E-state index is 0.415. The number of likely N-dealkylation sites (N-methyl/N-ethyl adjacent to an activating group) is 1. The van der Waals surface area contributed by atoms with Gasteiger partial charge in [-0.25, -0.2) is 4.98 Å². The van der Waals surface area contributed by atoms with Crippen molar-refractivity contribution >= 4 is 22.6 Å². The van der Waals surface area contributed by atoms with Gasteiger partial charge in [-0.1, -0.05) is 18.2 Å². The Bertz CT molecular complexity index is 664. The van der Waals surface area contributed by atoms with Gasteiger partial charge in [0.15, 0.2) is 0 Å². The number of para-hydroxylation sites is 1. The van der Waals surface area contributed by atoms with Crippen molar-refractivity contribution in [1.82, 2.24) is 10.3 Å². The zero-order valence-electron chi connectivity index (χ0n) is 12.2. The Morgan fingerprint density at radius 2 is 2.29 bits per heavy atom. The second-order valence-electron chi connectivity index (χ2n) is 5.58. The highest BCUT2D eigenvalue weighted by Crippen LogP contribution is 2.22. The molecule has 3 N–H and O–H groups in total. The highest BCUT2D eigenvalue weighted by Gasteiger charge is 2.18. The average Bonchev–Trinajstić information content (AvgIpc) is 2.98. The molecule has 5 heteroatoms. The Morgan fingerprint density at radius 3 is 3.00 bits per heavy atom. The van der Waals surface area contributed by atoms with Gasteiger partial charge in [0.25, 0.3) is 0 Å². The van der Waals surface area contributed by atoms with Crippen LogP contribution in [0.15, 0.2) is 30.3 Å². The molecule has 0 aliphatic carbocycles. The molecule has 1 unspecified atom stereocenters.